The molecule has 3 N–H and O–H groups in total. The number of carbonyl (C=O) groups is 1. The third kappa shape index (κ3) is 5.57. The molecule has 28 heavy (non-hydrogen) atoms. The largest absolute Gasteiger partial charge is 0.497 e. The van der Waals surface area contributed by atoms with Crippen LogP contribution in [0, 0.1) is 0 Å². The van der Waals surface area contributed by atoms with Gasteiger partial charge in [-0.15, -0.1) is 0 Å². The number of ether oxygens (including phenoxy) is 1. The lowest BCUT2D eigenvalue weighted by atomic mass is 10.1. The Balaban J connectivity index is 1.38. The molecule has 3 aromatic rings. The molecule has 0 aliphatic heterocycles. The Labute approximate surface area is 163 Å². The van der Waals surface area contributed by atoms with Crippen LogP contribution in [0.15, 0.2) is 53.1 Å². The number of anilines is 1. The molecule has 7 heteroatoms. The van der Waals surface area contributed by atoms with Gasteiger partial charge in [-0.2, -0.15) is 4.98 Å². The van der Waals surface area contributed by atoms with E-state index in [1.807, 2.05) is 48.5 Å². The summed E-state index contributed by atoms with van der Waals surface area (Å²) in [5.74, 6) is 1.85. The van der Waals surface area contributed by atoms with Gasteiger partial charge in [0, 0.05) is 30.6 Å². The first kappa shape index (κ1) is 19.4. The van der Waals surface area contributed by atoms with E-state index in [0.717, 1.165) is 29.0 Å². The Morgan fingerprint density at radius 1 is 1.11 bits per heavy atom. The van der Waals surface area contributed by atoms with Crippen molar-refractivity contribution in [2.75, 3.05) is 19.4 Å². The Morgan fingerprint density at radius 3 is 2.57 bits per heavy atom. The van der Waals surface area contributed by atoms with Crippen molar-refractivity contribution in [2.24, 2.45) is 0 Å². The summed E-state index contributed by atoms with van der Waals surface area (Å²) in [5.41, 5.74) is 8.40. The van der Waals surface area contributed by atoms with Gasteiger partial charge in [0.25, 0.3) is 0 Å². The van der Waals surface area contributed by atoms with Crippen molar-refractivity contribution in [3.05, 3.63) is 60.0 Å². The van der Waals surface area contributed by atoms with Crippen molar-refractivity contribution >= 4 is 11.6 Å². The predicted octanol–water partition coefficient (Wildman–Crippen LogP) is 3.01. The number of nitrogen functional groups attached to an aromatic ring is 1. The van der Waals surface area contributed by atoms with Gasteiger partial charge in [0.2, 0.25) is 17.6 Å². The van der Waals surface area contributed by atoms with E-state index in [1.54, 1.807) is 7.11 Å². The maximum atomic E-state index is 12.0. The third-order valence-electron chi connectivity index (χ3n) is 4.33. The number of amides is 1. The first-order valence-electron chi connectivity index (χ1n) is 9.22. The molecular formula is C21H24N4O3. The van der Waals surface area contributed by atoms with Crippen LogP contribution in [0.2, 0.25) is 0 Å². The average Bonchev–Trinajstić information content (AvgIpc) is 3.18. The van der Waals surface area contributed by atoms with Crippen LogP contribution >= 0.6 is 0 Å². The summed E-state index contributed by atoms with van der Waals surface area (Å²) in [4.78, 5) is 16.3. The number of hydrogen-bond donors (Lipinski definition) is 2. The summed E-state index contributed by atoms with van der Waals surface area (Å²) in [5, 5.41) is 6.92. The SMILES string of the molecule is COc1ccc(-c2noc(CCCC(=O)NCCc3ccc(N)cc3)n2)cc1. The van der Waals surface area contributed by atoms with Crippen LogP contribution in [-0.2, 0) is 17.6 Å². The van der Waals surface area contributed by atoms with Crippen molar-refractivity contribution in [3.8, 4) is 17.1 Å². The molecule has 0 unspecified atom stereocenters. The van der Waals surface area contributed by atoms with Crippen LogP contribution in [-0.4, -0.2) is 29.7 Å². The normalized spacial score (nSPS) is 10.6. The highest BCUT2D eigenvalue weighted by Gasteiger charge is 2.10. The predicted molar refractivity (Wildman–Crippen MR) is 107 cm³/mol. The van der Waals surface area contributed by atoms with E-state index in [4.69, 9.17) is 15.0 Å². The molecule has 0 saturated heterocycles. The lowest BCUT2D eigenvalue weighted by molar-refractivity contribution is -0.121. The number of aromatic nitrogens is 2. The molecule has 0 radical (unpaired) electrons. The molecule has 0 atom stereocenters. The van der Waals surface area contributed by atoms with Crippen molar-refractivity contribution in [2.45, 2.75) is 25.7 Å². The minimum Gasteiger partial charge on any atom is -0.497 e. The number of nitrogens with two attached hydrogens (primary N) is 1. The van der Waals surface area contributed by atoms with Gasteiger partial charge in [-0.3, -0.25) is 4.79 Å². The first-order chi connectivity index (χ1) is 13.6. The third-order valence-corrected chi connectivity index (χ3v) is 4.33. The standard InChI is InChI=1S/C21H24N4O3/c1-27-18-11-7-16(8-12-18)21-24-20(28-25-21)4-2-3-19(26)23-14-13-15-5-9-17(22)10-6-15/h5-12H,2-4,13-14,22H2,1H3,(H,23,26). The maximum absolute atomic E-state index is 12.0. The summed E-state index contributed by atoms with van der Waals surface area (Å²) in [6.45, 7) is 0.602. The van der Waals surface area contributed by atoms with Gasteiger partial charge in [0.1, 0.15) is 5.75 Å². The molecule has 0 bridgehead atoms. The molecule has 0 saturated carbocycles. The van der Waals surface area contributed by atoms with E-state index < -0.39 is 0 Å². The number of nitrogens with one attached hydrogen (secondary N) is 1. The van der Waals surface area contributed by atoms with E-state index in [1.165, 1.54) is 0 Å². The number of hydrogen-bond acceptors (Lipinski definition) is 6. The molecule has 0 fully saturated rings. The number of rotatable bonds is 9. The fraction of sp³-hybridized carbons (Fsp3) is 0.286. The van der Waals surface area contributed by atoms with Crippen LogP contribution in [0.3, 0.4) is 0 Å². The monoisotopic (exact) mass is 380 g/mol. The van der Waals surface area contributed by atoms with E-state index in [2.05, 4.69) is 15.5 Å². The van der Waals surface area contributed by atoms with Crippen LogP contribution < -0.4 is 15.8 Å². The Bertz CT molecular complexity index is 889. The zero-order valence-corrected chi connectivity index (χ0v) is 15.9. The van der Waals surface area contributed by atoms with Gasteiger partial charge in [-0.25, -0.2) is 0 Å². The van der Waals surface area contributed by atoms with Gasteiger partial charge in [-0.1, -0.05) is 17.3 Å². The molecule has 146 valence electrons. The van der Waals surface area contributed by atoms with Crippen molar-refractivity contribution in [3.63, 3.8) is 0 Å². The second-order valence-electron chi connectivity index (χ2n) is 6.44. The molecule has 1 amide bonds. The number of nitrogens with zero attached hydrogens (tertiary/aromatic N) is 2. The number of methoxy groups -OCH3 is 1. The molecule has 0 spiro atoms. The lowest BCUT2D eigenvalue weighted by Crippen LogP contribution is -2.25. The van der Waals surface area contributed by atoms with Crippen molar-refractivity contribution in [1.82, 2.24) is 15.5 Å². The molecular weight excluding hydrogens is 356 g/mol. The fourth-order valence-electron chi connectivity index (χ4n) is 2.73. The molecule has 3 rings (SSSR count). The van der Waals surface area contributed by atoms with Gasteiger partial charge < -0.3 is 20.3 Å². The maximum Gasteiger partial charge on any atom is 0.226 e. The summed E-state index contributed by atoms with van der Waals surface area (Å²) in [6.07, 6.45) is 2.41. The molecule has 1 heterocycles. The van der Waals surface area contributed by atoms with Crippen molar-refractivity contribution < 1.29 is 14.1 Å². The summed E-state index contributed by atoms with van der Waals surface area (Å²) in [6, 6.07) is 15.1. The zero-order valence-electron chi connectivity index (χ0n) is 15.9. The average molecular weight is 380 g/mol. The van der Waals surface area contributed by atoms with Crippen LogP contribution in [0.4, 0.5) is 5.69 Å². The van der Waals surface area contributed by atoms with Crippen molar-refractivity contribution in [1.29, 1.82) is 0 Å². The molecule has 2 aromatic carbocycles. The minimum absolute atomic E-state index is 0.0188. The van der Waals surface area contributed by atoms with E-state index in [0.29, 0.717) is 37.5 Å². The summed E-state index contributed by atoms with van der Waals surface area (Å²) in [7, 11) is 1.62. The first-order valence-corrected chi connectivity index (χ1v) is 9.22. The number of carbonyl (C=O) groups excluding carboxylic acids is 1. The highest BCUT2D eigenvalue weighted by Crippen LogP contribution is 2.20. The van der Waals surface area contributed by atoms with Gasteiger partial charge in [0.15, 0.2) is 0 Å². The highest BCUT2D eigenvalue weighted by molar-refractivity contribution is 5.75. The molecule has 0 aliphatic rings. The topological polar surface area (TPSA) is 103 Å². The smallest absolute Gasteiger partial charge is 0.226 e. The highest BCUT2D eigenvalue weighted by atomic mass is 16.5. The van der Waals surface area contributed by atoms with E-state index in [-0.39, 0.29) is 5.91 Å². The van der Waals surface area contributed by atoms with Gasteiger partial charge >= 0.3 is 0 Å². The molecule has 7 nitrogen and oxygen atoms in total. The Hall–Kier alpha value is -3.35. The Kier molecular flexibility index (Phi) is 6.62. The fourth-order valence-corrected chi connectivity index (χ4v) is 2.73. The molecule has 0 aliphatic carbocycles. The second-order valence-corrected chi connectivity index (χ2v) is 6.44. The van der Waals surface area contributed by atoms with E-state index >= 15 is 0 Å². The van der Waals surface area contributed by atoms with Crippen LogP contribution in [0.25, 0.3) is 11.4 Å². The van der Waals surface area contributed by atoms with Gasteiger partial charge in [0.05, 0.1) is 7.11 Å². The summed E-state index contributed by atoms with van der Waals surface area (Å²) < 4.78 is 10.4. The summed E-state index contributed by atoms with van der Waals surface area (Å²) >= 11 is 0. The second kappa shape index (κ2) is 9.55. The zero-order chi connectivity index (χ0) is 19.8. The molecule has 1 aromatic heterocycles. The van der Waals surface area contributed by atoms with Crippen LogP contribution in [0.1, 0.15) is 24.3 Å². The lowest BCUT2D eigenvalue weighted by Gasteiger charge is -2.05. The Morgan fingerprint density at radius 2 is 1.86 bits per heavy atom. The van der Waals surface area contributed by atoms with E-state index in [9.17, 15) is 4.79 Å². The van der Waals surface area contributed by atoms with Gasteiger partial charge in [-0.05, 0) is 54.8 Å². The number of aryl methyl sites for hydroxylation is 1. The number of benzene rings is 2. The minimum atomic E-state index is 0.0188. The van der Waals surface area contributed by atoms with Crippen LogP contribution in [0.5, 0.6) is 5.75 Å². The quantitative estimate of drug-likeness (QED) is 0.553.